The highest BCUT2D eigenvalue weighted by molar-refractivity contribution is 6.07. The summed E-state index contributed by atoms with van der Waals surface area (Å²) >= 11 is 0. The zero-order valence-electron chi connectivity index (χ0n) is 26.1. The minimum absolute atomic E-state index is 0.0264. The van der Waals surface area contributed by atoms with Crippen LogP contribution in [0.5, 0.6) is 0 Å². The Morgan fingerprint density at radius 1 is 0.864 bits per heavy atom. The molecule has 0 fully saturated rings. The third-order valence-corrected chi connectivity index (χ3v) is 8.23. The average Bonchev–Trinajstić information content (AvgIpc) is 3.40. The van der Waals surface area contributed by atoms with Crippen molar-refractivity contribution in [3.05, 3.63) is 118 Å². The zero-order chi connectivity index (χ0) is 31.2. The molecule has 2 amide bonds. The third-order valence-electron chi connectivity index (χ3n) is 8.23. The van der Waals surface area contributed by atoms with Crippen LogP contribution in [0.4, 0.5) is 10.1 Å². The van der Waals surface area contributed by atoms with Gasteiger partial charge in [0.1, 0.15) is 17.1 Å². The van der Waals surface area contributed by atoms with Crippen LogP contribution in [0.1, 0.15) is 81.5 Å². The van der Waals surface area contributed by atoms with Crippen LogP contribution in [0, 0.1) is 19.7 Å². The lowest BCUT2D eigenvalue weighted by Crippen LogP contribution is -2.39. The first-order valence-corrected chi connectivity index (χ1v) is 15.4. The van der Waals surface area contributed by atoms with Gasteiger partial charge in [-0.1, -0.05) is 67.5 Å². The van der Waals surface area contributed by atoms with Gasteiger partial charge in [0.25, 0.3) is 11.8 Å². The second kappa shape index (κ2) is 14.0. The number of benzene rings is 3. The molecular weight excluding hydrogens is 555 g/mol. The summed E-state index contributed by atoms with van der Waals surface area (Å²) in [6.07, 6.45) is 1.55. The van der Waals surface area contributed by atoms with Crippen LogP contribution in [-0.4, -0.2) is 52.9 Å². The Morgan fingerprint density at radius 2 is 1.57 bits per heavy atom. The summed E-state index contributed by atoms with van der Waals surface area (Å²) in [5, 5.41) is 4.22. The monoisotopic (exact) mass is 596 g/mol. The first-order chi connectivity index (χ1) is 21.2. The number of fused-ring (bicyclic) bond motifs is 1. The molecule has 0 saturated heterocycles. The van der Waals surface area contributed by atoms with Crippen LogP contribution in [0.2, 0.25) is 0 Å². The topological polar surface area (TPSA) is 69.9 Å². The Labute approximate surface area is 259 Å². The van der Waals surface area contributed by atoms with Crippen LogP contribution < -0.4 is 4.90 Å². The summed E-state index contributed by atoms with van der Waals surface area (Å²) in [6, 6.07) is 22.0. The van der Waals surface area contributed by atoms with Gasteiger partial charge in [-0.3, -0.25) is 14.5 Å². The molecule has 5 rings (SSSR count). The molecule has 2 heterocycles. The van der Waals surface area contributed by atoms with E-state index in [0.717, 1.165) is 49.3 Å². The maximum Gasteiger partial charge on any atom is 0.259 e. The van der Waals surface area contributed by atoms with Crippen molar-refractivity contribution in [3.8, 4) is 0 Å². The van der Waals surface area contributed by atoms with Crippen LogP contribution in [-0.2, 0) is 13.1 Å². The van der Waals surface area contributed by atoms with E-state index in [9.17, 15) is 14.0 Å². The third kappa shape index (κ3) is 7.08. The van der Waals surface area contributed by atoms with Crippen LogP contribution in [0.15, 0.2) is 77.3 Å². The summed E-state index contributed by atoms with van der Waals surface area (Å²) < 4.78 is 19.3. The van der Waals surface area contributed by atoms with Crippen molar-refractivity contribution < 1.29 is 18.5 Å². The van der Waals surface area contributed by atoms with Gasteiger partial charge in [0.15, 0.2) is 0 Å². The second-order valence-corrected chi connectivity index (χ2v) is 11.9. The molecule has 8 heteroatoms. The second-order valence-electron chi connectivity index (χ2n) is 11.9. The van der Waals surface area contributed by atoms with Gasteiger partial charge in [-0.15, -0.1) is 0 Å². The molecular formula is C36H41FN4O3. The highest BCUT2D eigenvalue weighted by Crippen LogP contribution is 2.31. The quantitative estimate of drug-likeness (QED) is 0.245. The predicted molar refractivity (Wildman–Crippen MR) is 170 cm³/mol. The van der Waals surface area contributed by atoms with Crippen molar-refractivity contribution in [1.29, 1.82) is 0 Å². The number of anilines is 1. The number of para-hydroxylation sites is 1. The van der Waals surface area contributed by atoms with E-state index in [1.807, 2.05) is 67.0 Å². The Morgan fingerprint density at radius 3 is 2.27 bits per heavy atom. The molecule has 3 aromatic carbocycles. The molecule has 44 heavy (non-hydrogen) atoms. The lowest BCUT2D eigenvalue weighted by Gasteiger charge is -2.32. The highest BCUT2D eigenvalue weighted by Gasteiger charge is 2.29. The molecule has 7 nitrogen and oxygen atoms in total. The molecule has 0 bridgehead atoms. The summed E-state index contributed by atoms with van der Waals surface area (Å²) in [7, 11) is 0. The lowest BCUT2D eigenvalue weighted by atomic mass is 10.0. The largest absolute Gasteiger partial charge is 0.361 e. The Bertz CT molecular complexity index is 1580. The van der Waals surface area contributed by atoms with E-state index in [-0.39, 0.29) is 23.5 Å². The first kappa shape index (κ1) is 31.1. The summed E-state index contributed by atoms with van der Waals surface area (Å²) in [4.78, 5) is 34.4. The fourth-order valence-corrected chi connectivity index (χ4v) is 6.01. The Kier molecular flexibility index (Phi) is 9.90. The van der Waals surface area contributed by atoms with Gasteiger partial charge in [0, 0.05) is 44.8 Å². The molecule has 0 saturated carbocycles. The normalized spacial score (nSPS) is 15.0. The number of aryl methyl sites for hydroxylation is 2. The van der Waals surface area contributed by atoms with Crippen molar-refractivity contribution in [3.63, 3.8) is 0 Å². The predicted octanol–water partition coefficient (Wildman–Crippen LogP) is 7.14. The Hall–Kier alpha value is -4.30. The number of carbonyl (C=O) groups excluding carboxylic acids is 2. The van der Waals surface area contributed by atoms with E-state index in [0.29, 0.717) is 42.2 Å². The SMILES string of the molecule is Cc1cccc2c1N(C(=O)c1ccc(F)cc1)CCCN(Cc1ccccc1)CCCN(C(=O)c1c(C(C)C)noc1C)C2. The summed E-state index contributed by atoms with van der Waals surface area (Å²) in [5.41, 5.74) is 5.42. The van der Waals surface area contributed by atoms with Crippen LogP contribution in [0.3, 0.4) is 0 Å². The molecule has 230 valence electrons. The van der Waals surface area contributed by atoms with Crippen LogP contribution in [0.25, 0.3) is 0 Å². The number of hydrogen-bond acceptors (Lipinski definition) is 5. The molecule has 1 aromatic heterocycles. The molecule has 1 aliphatic rings. The van der Waals surface area contributed by atoms with Gasteiger partial charge in [-0.2, -0.15) is 0 Å². The van der Waals surface area contributed by atoms with E-state index in [1.54, 1.807) is 6.92 Å². The van der Waals surface area contributed by atoms with Gasteiger partial charge >= 0.3 is 0 Å². The molecule has 0 N–H and O–H groups in total. The minimum atomic E-state index is -0.387. The van der Waals surface area contributed by atoms with E-state index in [4.69, 9.17) is 4.52 Å². The van der Waals surface area contributed by atoms with Crippen molar-refractivity contribution in [2.75, 3.05) is 31.1 Å². The minimum Gasteiger partial charge on any atom is -0.361 e. The van der Waals surface area contributed by atoms with Crippen LogP contribution >= 0.6 is 0 Å². The molecule has 0 radical (unpaired) electrons. The van der Waals surface area contributed by atoms with Crippen molar-refractivity contribution >= 4 is 17.5 Å². The summed E-state index contributed by atoms with van der Waals surface area (Å²) in [5.74, 6) is -0.168. The van der Waals surface area contributed by atoms with Gasteiger partial charge in [-0.05, 0) is 73.6 Å². The van der Waals surface area contributed by atoms with Gasteiger partial charge in [0.05, 0.1) is 11.4 Å². The van der Waals surface area contributed by atoms with Crippen molar-refractivity contribution in [2.24, 2.45) is 0 Å². The maximum atomic E-state index is 14.3. The van der Waals surface area contributed by atoms with E-state index < -0.39 is 0 Å². The number of amides is 2. The standard InChI is InChI=1S/C36H41FN4O3/c1-25(2)33-32(27(4)44-38-33)36(43)40-21-9-19-39(23-28-12-6-5-7-13-28)20-10-22-41(34-26(3)11-8-14-30(34)24-40)35(42)29-15-17-31(37)18-16-29/h5-8,11-18,25H,9-10,19-24H2,1-4H3. The molecule has 0 atom stereocenters. The molecule has 0 unspecified atom stereocenters. The Balaban J connectivity index is 1.55. The zero-order valence-corrected chi connectivity index (χ0v) is 26.1. The molecule has 1 aliphatic heterocycles. The van der Waals surface area contributed by atoms with Gasteiger partial charge < -0.3 is 14.3 Å². The van der Waals surface area contributed by atoms with E-state index >= 15 is 0 Å². The fraction of sp³-hybridized carbons (Fsp3) is 0.361. The lowest BCUT2D eigenvalue weighted by molar-refractivity contribution is 0.0730. The number of halogens is 1. The van der Waals surface area contributed by atoms with Gasteiger partial charge in [0.2, 0.25) is 0 Å². The first-order valence-electron chi connectivity index (χ1n) is 15.4. The van der Waals surface area contributed by atoms with Gasteiger partial charge in [-0.25, -0.2) is 4.39 Å². The number of hydrogen-bond donors (Lipinski definition) is 0. The molecule has 4 aromatic rings. The molecule has 0 aliphatic carbocycles. The maximum absolute atomic E-state index is 14.3. The van der Waals surface area contributed by atoms with Crippen molar-refractivity contribution in [1.82, 2.24) is 15.0 Å². The number of carbonyl (C=O) groups is 2. The highest BCUT2D eigenvalue weighted by atomic mass is 19.1. The number of nitrogens with zero attached hydrogens (tertiary/aromatic N) is 4. The number of aromatic nitrogens is 1. The fourth-order valence-electron chi connectivity index (χ4n) is 6.01. The number of rotatable bonds is 5. The molecule has 0 spiro atoms. The summed E-state index contributed by atoms with van der Waals surface area (Å²) in [6.45, 7) is 11.5. The van der Waals surface area contributed by atoms with E-state index in [1.165, 1.54) is 29.8 Å². The van der Waals surface area contributed by atoms with Crippen molar-refractivity contribution in [2.45, 2.75) is 59.5 Å². The average molecular weight is 597 g/mol. The van der Waals surface area contributed by atoms with E-state index in [2.05, 4.69) is 22.2 Å². The smallest absolute Gasteiger partial charge is 0.259 e.